The highest BCUT2D eigenvalue weighted by Crippen LogP contribution is 2.41. The fourth-order valence-electron chi connectivity index (χ4n) is 2.59. The monoisotopic (exact) mass is 300 g/mol. The number of hydrogen-bond acceptors (Lipinski definition) is 1. The van der Waals surface area contributed by atoms with Crippen LogP contribution in [0.2, 0.25) is 0 Å². The zero-order valence-corrected chi connectivity index (χ0v) is 14.3. The minimum absolute atomic E-state index is 0.109. The SMILES string of the molecule is COc1ccc(F)c(-c2ccc(C)cc2C(C)C(C)(C)C)c1. The molecular weight excluding hydrogens is 275 g/mol. The molecule has 1 atom stereocenters. The maximum atomic E-state index is 14.4. The zero-order chi connectivity index (χ0) is 16.5. The van der Waals surface area contributed by atoms with Crippen LogP contribution in [-0.2, 0) is 0 Å². The van der Waals surface area contributed by atoms with Crippen LogP contribution in [0.5, 0.6) is 5.75 Å². The second kappa shape index (κ2) is 6.12. The van der Waals surface area contributed by atoms with Gasteiger partial charge in [-0.25, -0.2) is 4.39 Å². The Bertz CT molecular complexity index is 668. The van der Waals surface area contributed by atoms with Crippen molar-refractivity contribution in [3.05, 3.63) is 53.3 Å². The molecule has 0 aliphatic carbocycles. The largest absolute Gasteiger partial charge is 0.497 e. The van der Waals surface area contributed by atoms with Crippen LogP contribution in [-0.4, -0.2) is 7.11 Å². The highest BCUT2D eigenvalue weighted by molar-refractivity contribution is 5.70. The number of ether oxygens (including phenoxy) is 1. The molecule has 2 rings (SSSR count). The average Bonchev–Trinajstić information content (AvgIpc) is 2.46. The average molecular weight is 300 g/mol. The van der Waals surface area contributed by atoms with Gasteiger partial charge in [-0.2, -0.15) is 0 Å². The molecule has 0 saturated heterocycles. The second-order valence-electron chi connectivity index (χ2n) is 7.02. The molecule has 1 unspecified atom stereocenters. The van der Waals surface area contributed by atoms with E-state index in [1.807, 2.05) is 12.1 Å². The Balaban J connectivity index is 2.66. The maximum Gasteiger partial charge on any atom is 0.131 e. The van der Waals surface area contributed by atoms with Gasteiger partial charge in [-0.15, -0.1) is 0 Å². The summed E-state index contributed by atoms with van der Waals surface area (Å²) in [5.74, 6) is 0.770. The van der Waals surface area contributed by atoms with E-state index in [-0.39, 0.29) is 11.2 Å². The molecule has 2 heteroatoms. The predicted octanol–water partition coefficient (Wildman–Crippen LogP) is 5.96. The highest BCUT2D eigenvalue weighted by atomic mass is 19.1. The predicted molar refractivity (Wildman–Crippen MR) is 91.0 cm³/mol. The summed E-state index contributed by atoms with van der Waals surface area (Å²) in [6, 6.07) is 11.1. The molecule has 2 aromatic carbocycles. The third-order valence-corrected chi connectivity index (χ3v) is 4.44. The summed E-state index contributed by atoms with van der Waals surface area (Å²) in [6.45, 7) is 10.9. The van der Waals surface area contributed by atoms with E-state index in [2.05, 4.69) is 40.7 Å². The van der Waals surface area contributed by atoms with Crippen LogP contribution >= 0.6 is 0 Å². The lowest BCUT2D eigenvalue weighted by atomic mass is 9.75. The van der Waals surface area contributed by atoms with Crippen molar-refractivity contribution in [1.82, 2.24) is 0 Å². The van der Waals surface area contributed by atoms with E-state index in [0.29, 0.717) is 17.2 Å². The van der Waals surface area contributed by atoms with Crippen molar-refractivity contribution in [2.45, 2.75) is 40.5 Å². The molecule has 0 N–H and O–H groups in total. The van der Waals surface area contributed by atoms with Gasteiger partial charge in [0.2, 0.25) is 0 Å². The van der Waals surface area contributed by atoms with Crippen LogP contribution in [0, 0.1) is 18.2 Å². The smallest absolute Gasteiger partial charge is 0.131 e. The summed E-state index contributed by atoms with van der Waals surface area (Å²) >= 11 is 0. The van der Waals surface area contributed by atoms with Gasteiger partial charge in [-0.05, 0) is 47.6 Å². The molecule has 0 heterocycles. The molecule has 0 saturated carbocycles. The highest BCUT2D eigenvalue weighted by Gasteiger charge is 2.25. The van der Waals surface area contributed by atoms with E-state index < -0.39 is 0 Å². The number of methoxy groups -OCH3 is 1. The Morgan fingerprint density at radius 1 is 1.00 bits per heavy atom. The molecule has 22 heavy (non-hydrogen) atoms. The van der Waals surface area contributed by atoms with Gasteiger partial charge in [0.1, 0.15) is 11.6 Å². The summed E-state index contributed by atoms with van der Waals surface area (Å²) in [5.41, 5.74) is 4.03. The normalized spacial score (nSPS) is 13.0. The van der Waals surface area contributed by atoms with Gasteiger partial charge < -0.3 is 4.74 Å². The van der Waals surface area contributed by atoms with Gasteiger partial charge in [-0.3, -0.25) is 0 Å². The quantitative estimate of drug-likeness (QED) is 0.679. The lowest BCUT2D eigenvalue weighted by Crippen LogP contribution is -2.16. The van der Waals surface area contributed by atoms with E-state index in [9.17, 15) is 4.39 Å². The fourth-order valence-corrected chi connectivity index (χ4v) is 2.59. The summed E-state index contributed by atoms with van der Waals surface area (Å²) in [4.78, 5) is 0. The first-order valence-corrected chi connectivity index (χ1v) is 7.68. The number of benzene rings is 2. The van der Waals surface area contributed by atoms with Crippen LogP contribution in [0.4, 0.5) is 4.39 Å². The maximum absolute atomic E-state index is 14.4. The fraction of sp³-hybridized carbons (Fsp3) is 0.400. The van der Waals surface area contributed by atoms with Crippen molar-refractivity contribution in [2.24, 2.45) is 5.41 Å². The van der Waals surface area contributed by atoms with Gasteiger partial charge in [-0.1, -0.05) is 51.5 Å². The standard InChI is InChI=1S/C20H25FO/c1-13-7-9-16(17(11-13)14(2)20(3,4)5)18-12-15(22-6)8-10-19(18)21/h7-12,14H,1-6H3. The molecule has 0 bridgehead atoms. The third-order valence-electron chi connectivity index (χ3n) is 4.44. The molecule has 0 aliphatic rings. The van der Waals surface area contributed by atoms with Crippen molar-refractivity contribution < 1.29 is 9.13 Å². The Hall–Kier alpha value is -1.83. The Labute approximate surface area is 133 Å². The van der Waals surface area contributed by atoms with E-state index in [1.165, 1.54) is 17.2 Å². The number of hydrogen-bond donors (Lipinski definition) is 0. The van der Waals surface area contributed by atoms with E-state index >= 15 is 0 Å². The van der Waals surface area contributed by atoms with Crippen LogP contribution in [0.15, 0.2) is 36.4 Å². The summed E-state index contributed by atoms with van der Waals surface area (Å²) in [7, 11) is 1.60. The lowest BCUT2D eigenvalue weighted by molar-refractivity contribution is 0.340. The van der Waals surface area contributed by atoms with Crippen LogP contribution in [0.25, 0.3) is 11.1 Å². The Morgan fingerprint density at radius 3 is 2.27 bits per heavy atom. The number of halogens is 1. The minimum Gasteiger partial charge on any atom is -0.497 e. The lowest BCUT2D eigenvalue weighted by Gasteiger charge is -2.30. The molecule has 0 spiro atoms. The van der Waals surface area contributed by atoms with Gasteiger partial charge in [0.15, 0.2) is 0 Å². The Morgan fingerprint density at radius 2 is 1.68 bits per heavy atom. The molecule has 0 amide bonds. The number of rotatable bonds is 3. The molecule has 0 aromatic heterocycles. The van der Waals surface area contributed by atoms with Gasteiger partial charge in [0.25, 0.3) is 0 Å². The van der Waals surface area contributed by atoms with E-state index in [0.717, 1.165) is 5.56 Å². The topological polar surface area (TPSA) is 9.23 Å². The van der Waals surface area contributed by atoms with Crippen LogP contribution in [0.1, 0.15) is 44.7 Å². The van der Waals surface area contributed by atoms with Gasteiger partial charge in [0.05, 0.1) is 7.11 Å². The van der Waals surface area contributed by atoms with Crippen molar-refractivity contribution >= 4 is 0 Å². The first kappa shape index (κ1) is 16.5. The van der Waals surface area contributed by atoms with Gasteiger partial charge >= 0.3 is 0 Å². The van der Waals surface area contributed by atoms with Crippen molar-refractivity contribution in [3.8, 4) is 16.9 Å². The van der Waals surface area contributed by atoms with Crippen molar-refractivity contribution in [2.75, 3.05) is 7.11 Å². The van der Waals surface area contributed by atoms with Crippen molar-refractivity contribution in [3.63, 3.8) is 0 Å². The minimum atomic E-state index is -0.216. The molecule has 0 aliphatic heterocycles. The van der Waals surface area contributed by atoms with Crippen LogP contribution < -0.4 is 4.74 Å². The third kappa shape index (κ3) is 3.32. The summed E-state index contributed by atoms with van der Waals surface area (Å²) in [5, 5.41) is 0. The summed E-state index contributed by atoms with van der Waals surface area (Å²) in [6.07, 6.45) is 0. The molecule has 0 fully saturated rings. The van der Waals surface area contributed by atoms with Gasteiger partial charge in [0, 0.05) is 5.56 Å². The molecule has 0 radical (unpaired) electrons. The van der Waals surface area contributed by atoms with E-state index in [1.54, 1.807) is 19.2 Å². The molecular formula is C20H25FO. The first-order valence-electron chi connectivity index (χ1n) is 7.68. The first-order chi connectivity index (χ1) is 10.2. The second-order valence-corrected chi connectivity index (χ2v) is 7.02. The number of aryl methyl sites for hydroxylation is 1. The van der Waals surface area contributed by atoms with E-state index in [4.69, 9.17) is 4.74 Å². The zero-order valence-electron chi connectivity index (χ0n) is 14.3. The molecule has 2 aromatic rings. The van der Waals surface area contributed by atoms with Crippen LogP contribution in [0.3, 0.4) is 0 Å². The molecule has 118 valence electrons. The molecule has 1 nitrogen and oxygen atoms in total. The summed E-state index contributed by atoms with van der Waals surface area (Å²) < 4.78 is 19.6. The Kier molecular flexibility index (Phi) is 4.60. The van der Waals surface area contributed by atoms with Crippen molar-refractivity contribution in [1.29, 1.82) is 0 Å².